The summed E-state index contributed by atoms with van der Waals surface area (Å²) in [5.74, 6) is 0.989. The maximum Gasteiger partial charge on any atom is 0.150 e. The Bertz CT molecular complexity index is 1170. The van der Waals surface area contributed by atoms with Crippen molar-refractivity contribution in [1.29, 1.82) is 0 Å². The van der Waals surface area contributed by atoms with Crippen LogP contribution in [0.1, 0.15) is 39.3 Å². The van der Waals surface area contributed by atoms with Gasteiger partial charge in [-0.05, 0) is 45.2 Å². The lowest BCUT2D eigenvalue weighted by Crippen LogP contribution is -2.54. The molecule has 0 aromatic carbocycles. The first-order valence-electron chi connectivity index (χ1n) is 13.0. The van der Waals surface area contributed by atoms with E-state index in [9.17, 15) is 0 Å². The molecule has 3 aliphatic heterocycles. The van der Waals surface area contributed by atoms with Crippen molar-refractivity contribution in [2.75, 3.05) is 55.8 Å². The molecule has 0 aliphatic carbocycles. The van der Waals surface area contributed by atoms with E-state index in [0.717, 1.165) is 93.4 Å². The maximum atomic E-state index is 6.08. The summed E-state index contributed by atoms with van der Waals surface area (Å²) in [6.07, 6.45) is 6.92. The fraction of sp³-hybridized carbons (Fsp3) is 0.577. The van der Waals surface area contributed by atoms with E-state index in [4.69, 9.17) is 19.4 Å². The van der Waals surface area contributed by atoms with Crippen molar-refractivity contribution in [3.8, 4) is 11.4 Å². The van der Waals surface area contributed by atoms with Gasteiger partial charge < -0.3 is 24.6 Å². The molecule has 3 aromatic heterocycles. The molecular formula is C26H35N7O2. The molecule has 9 heteroatoms. The zero-order valence-corrected chi connectivity index (χ0v) is 20.7. The van der Waals surface area contributed by atoms with Gasteiger partial charge in [0.25, 0.3) is 0 Å². The summed E-state index contributed by atoms with van der Waals surface area (Å²) in [5, 5.41) is 9.39. The number of nitrogens with zero attached hydrogens (tertiary/aromatic N) is 6. The van der Waals surface area contributed by atoms with Crippen LogP contribution in [0.5, 0.6) is 0 Å². The number of anilines is 2. The predicted octanol–water partition coefficient (Wildman–Crippen LogP) is 3.22. The largest absolute Gasteiger partial charge is 0.378 e. The molecule has 3 atom stereocenters. The second kappa shape index (κ2) is 9.72. The van der Waals surface area contributed by atoms with Crippen LogP contribution in [0, 0.1) is 0 Å². The van der Waals surface area contributed by atoms with Crippen LogP contribution in [0.4, 0.5) is 11.5 Å². The molecule has 9 nitrogen and oxygen atoms in total. The molecular weight excluding hydrogens is 442 g/mol. The molecule has 1 N–H and O–H groups in total. The van der Waals surface area contributed by atoms with Gasteiger partial charge in [-0.25, -0.2) is 9.67 Å². The van der Waals surface area contributed by atoms with Crippen molar-refractivity contribution in [3.05, 3.63) is 30.6 Å². The van der Waals surface area contributed by atoms with Crippen molar-refractivity contribution in [2.45, 2.75) is 51.4 Å². The summed E-state index contributed by atoms with van der Waals surface area (Å²) in [5.41, 5.74) is 3.96. The summed E-state index contributed by atoms with van der Waals surface area (Å²) < 4.78 is 13.7. The summed E-state index contributed by atoms with van der Waals surface area (Å²) in [6.45, 7) is 10.4. The fourth-order valence-electron chi connectivity index (χ4n) is 5.51. The van der Waals surface area contributed by atoms with Gasteiger partial charge in [-0.3, -0.25) is 4.98 Å². The van der Waals surface area contributed by atoms with Gasteiger partial charge in [0, 0.05) is 68.7 Å². The molecule has 0 radical (unpaired) electrons. The lowest BCUT2D eigenvalue weighted by atomic mass is 10.1. The normalized spacial score (nSPS) is 25.8. The molecule has 0 saturated carbocycles. The second-order valence-corrected chi connectivity index (χ2v) is 9.95. The fourth-order valence-corrected chi connectivity index (χ4v) is 5.51. The number of piperazine rings is 1. The highest BCUT2D eigenvalue weighted by atomic mass is 16.5. The van der Waals surface area contributed by atoms with Gasteiger partial charge in [0.1, 0.15) is 17.0 Å². The molecule has 0 spiro atoms. The van der Waals surface area contributed by atoms with Crippen LogP contribution in [0.2, 0.25) is 0 Å². The number of aromatic nitrogens is 4. The van der Waals surface area contributed by atoms with Crippen LogP contribution in [-0.2, 0) is 9.47 Å². The summed E-state index contributed by atoms with van der Waals surface area (Å²) in [6, 6.07) is 7.23. The van der Waals surface area contributed by atoms with Crippen LogP contribution in [-0.4, -0.2) is 77.8 Å². The molecule has 6 heterocycles. The number of fused-ring (bicyclic) bond motifs is 1. The summed E-state index contributed by atoms with van der Waals surface area (Å²) >= 11 is 0. The number of pyridine rings is 2. The lowest BCUT2D eigenvalue weighted by molar-refractivity contribution is -0.0383. The molecule has 6 rings (SSSR count). The number of nitrogens with one attached hydrogen (secondary N) is 1. The van der Waals surface area contributed by atoms with Gasteiger partial charge in [0.05, 0.1) is 24.6 Å². The molecule has 0 bridgehead atoms. The second-order valence-electron chi connectivity index (χ2n) is 9.95. The van der Waals surface area contributed by atoms with Gasteiger partial charge in [0.2, 0.25) is 0 Å². The predicted molar refractivity (Wildman–Crippen MR) is 137 cm³/mol. The van der Waals surface area contributed by atoms with E-state index in [1.165, 1.54) is 5.69 Å². The first kappa shape index (κ1) is 22.7. The Morgan fingerprint density at radius 3 is 2.77 bits per heavy atom. The highest BCUT2D eigenvalue weighted by molar-refractivity contribution is 6.00. The van der Waals surface area contributed by atoms with Crippen LogP contribution in [0.15, 0.2) is 30.6 Å². The van der Waals surface area contributed by atoms with Crippen LogP contribution >= 0.6 is 0 Å². The average molecular weight is 478 g/mol. The van der Waals surface area contributed by atoms with E-state index >= 15 is 0 Å². The topological polar surface area (TPSA) is 80.6 Å². The SMILES string of the molecule is C[C@@H]1CN[C@@H](C)CN1c1cc(N2CCOCC2)nc2c(-c3ccnn3C3CCCCO3)nccc12. The molecule has 3 fully saturated rings. The molecule has 1 unspecified atom stereocenters. The number of hydrogen-bond acceptors (Lipinski definition) is 8. The van der Waals surface area contributed by atoms with E-state index in [0.29, 0.717) is 12.1 Å². The number of rotatable bonds is 4. The first-order chi connectivity index (χ1) is 17.2. The zero-order valence-electron chi connectivity index (χ0n) is 20.7. The minimum Gasteiger partial charge on any atom is -0.378 e. The smallest absolute Gasteiger partial charge is 0.150 e. The van der Waals surface area contributed by atoms with Crippen molar-refractivity contribution >= 4 is 22.4 Å². The standard InChI is InChI=1S/C26H35N7O2/c1-18-17-32(19(2)16-28-18)22-15-23(31-10-13-34-14-11-31)30-25-20(22)6-8-27-26(25)21-7-9-29-33(21)24-5-3-4-12-35-24/h6-9,15,18-19,24,28H,3-5,10-14,16-17H2,1-2H3/t18-,19+,24?/m0/s1. The van der Waals surface area contributed by atoms with Crippen molar-refractivity contribution in [1.82, 2.24) is 25.1 Å². The molecule has 3 aromatic rings. The number of morpholine rings is 1. The molecule has 0 amide bonds. The number of ether oxygens (including phenoxy) is 2. The lowest BCUT2D eigenvalue weighted by Gasteiger charge is -2.40. The molecule has 186 valence electrons. The Morgan fingerprint density at radius 1 is 1.06 bits per heavy atom. The third-order valence-corrected chi connectivity index (χ3v) is 7.44. The molecule has 35 heavy (non-hydrogen) atoms. The van der Waals surface area contributed by atoms with E-state index in [-0.39, 0.29) is 6.23 Å². The summed E-state index contributed by atoms with van der Waals surface area (Å²) in [7, 11) is 0. The Kier molecular flexibility index (Phi) is 6.30. The Labute approximate surface area is 206 Å². The van der Waals surface area contributed by atoms with E-state index in [1.807, 2.05) is 23.1 Å². The van der Waals surface area contributed by atoms with E-state index < -0.39 is 0 Å². The Hall–Kier alpha value is -2.75. The van der Waals surface area contributed by atoms with Gasteiger partial charge in [-0.1, -0.05) is 0 Å². The maximum absolute atomic E-state index is 6.08. The third-order valence-electron chi connectivity index (χ3n) is 7.44. The third kappa shape index (κ3) is 4.37. The average Bonchev–Trinajstić information content (AvgIpc) is 3.40. The zero-order chi connectivity index (χ0) is 23.8. The van der Waals surface area contributed by atoms with Gasteiger partial charge >= 0.3 is 0 Å². The minimum atomic E-state index is -0.0539. The highest BCUT2D eigenvalue weighted by Crippen LogP contribution is 2.37. The van der Waals surface area contributed by atoms with E-state index in [1.54, 1.807) is 0 Å². The first-order valence-corrected chi connectivity index (χ1v) is 13.0. The van der Waals surface area contributed by atoms with Crippen LogP contribution < -0.4 is 15.1 Å². The van der Waals surface area contributed by atoms with Crippen LogP contribution in [0.3, 0.4) is 0 Å². The summed E-state index contributed by atoms with van der Waals surface area (Å²) in [4.78, 5) is 14.9. The molecule has 3 saturated heterocycles. The van der Waals surface area contributed by atoms with Crippen LogP contribution in [0.25, 0.3) is 22.3 Å². The highest BCUT2D eigenvalue weighted by Gasteiger charge is 2.28. The minimum absolute atomic E-state index is 0.0539. The monoisotopic (exact) mass is 477 g/mol. The van der Waals surface area contributed by atoms with Crippen molar-refractivity contribution < 1.29 is 9.47 Å². The van der Waals surface area contributed by atoms with Gasteiger partial charge in [0.15, 0.2) is 6.23 Å². The Balaban J connectivity index is 1.51. The number of hydrogen-bond donors (Lipinski definition) is 1. The van der Waals surface area contributed by atoms with E-state index in [2.05, 4.69) is 46.2 Å². The van der Waals surface area contributed by atoms with Crippen molar-refractivity contribution in [3.63, 3.8) is 0 Å². The van der Waals surface area contributed by atoms with Gasteiger partial charge in [-0.2, -0.15) is 5.10 Å². The Morgan fingerprint density at radius 2 is 1.94 bits per heavy atom. The van der Waals surface area contributed by atoms with Gasteiger partial charge in [-0.15, -0.1) is 0 Å². The van der Waals surface area contributed by atoms with Crippen molar-refractivity contribution in [2.24, 2.45) is 0 Å². The quantitative estimate of drug-likeness (QED) is 0.614. The molecule has 3 aliphatic rings.